The Morgan fingerprint density at radius 3 is 2.67 bits per heavy atom. The number of likely N-dealkylation sites (tertiary alicyclic amines) is 1. The number of carbonyl (C=O) groups is 1. The first-order chi connectivity index (χ1) is 10.1. The van der Waals surface area contributed by atoms with E-state index in [9.17, 15) is 10.1 Å². The Bertz CT molecular complexity index is 598. The number of anilines is 1. The number of halogens is 1. The van der Waals surface area contributed by atoms with Crippen LogP contribution >= 0.6 is 11.6 Å². The molecule has 4 nitrogen and oxygen atoms in total. The van der Waals surface area contributed by atoms with Crippen LogP contribution in [0, 0.1) is 11.3 Å². The number of hydrogen-bond acceptors (Lipinski definition) is 3. The smallest absolute Gasteiger partial charge is 0.268 e. The number of nitrogens with zero attached hydrogens (tertiary/aromatic N) is 2. The van der Waals surface area contributed by atoms with E-state index in [4.69, 9.17) is 11.6 Å². The van der Waals surface area contributed by atoms with Crippen LogP contribution in [-0.2, 0) is 4.79 Å². The van der Waals surface area contributed by atoms with Crippen molar-refractivity contribution in [1.82, 2.24) is 4.90 Å². The summed E-state index contributed by atoms with van der Waals surface area (Å²) >= 11 is 5.89. The minimum atomic E-state index is -0.386. The predicted molar refractivity (Wildman–Crippen MR) is 83.8 cm³/mol. The van der Waals surface area contributed by atoms with Gasteiger partial charge in [0, 0.05) is 29.5 Å². The van der Waals surface area contributed by atoms with Crippen LogP contribution < -0.4 is 5.32 Å². The molecule has 1 amide bonds. The van der Waals surface area contributed by atoms with Crippen LogP contribution in [0.5, 0.6) is 0 Å². The zero-order valence-corrected chi connectivity index (χ0v) is 12.8. The van der Waals surface area contributed by atoms with Crippen molar-refractivity contribution in [2.45, 2.75) is 26.2 Å². The van der Waals surface area contributed by atoms with Gasteiger partial charge < -0.3 is 10.2 Å². The average molecular weight is 304 g/mol. The second-order valence-corrected chi connectivity index (χ2v) is 5.52. The van der Waals surface area contributed by atoms with E-state index in [-0.39, 0.29) is 11.5 Å². The fourth-order valence-corrected chi connectivity index (χ4v) is 2.63. The van der Waals surface area contributed by atoms with E-state index in [1.165, 1.54) is 6.42 Å². The first kappa shape index (κ1) is 15.4. The molecule has 1 aliphatic heterocycles. The van der Waals surface area contributed by atoms with E-state index >= 15 is 0 Å². The van der Waals surface area contributed by atoms with Gasteiger partial charge in [-0.2, -0.15) is 5.26 Å². The molecule has 1 aromatic rings. The third-order valence-corrected chi connectivity index (χ3v) is 3.85. The molecule has 0 aliphatic carbocycles. The number of carbonyl (C=O) groups excluding carboxylic acids is 1. The molecule has 5 heteroatoms. The third kappa shape index (κ3) is 3.99. The van der Waals surface area contributed by atoms with E-state index in [1.54, 1.807) is 24.3 Å². The molecule has 0 spiro atoms. The van der Waals surface area contributed by atoms with E-state index < -0.39 is 0 Å². The van der Waals surface area contributed by atoms with Crippen molar-refractivity contribution in [3.63, 3.8) is 0 Å². The molecular formula is C16H18ClN3O. The summed E-state index contributed by atoms with van der Waals surface area (Å²) in [6.45, 7) is 3.64. The van der Waals surface area contributed by atoms with Crippen LogP contribution in [-0.4, -0.2) is 23.9 Å². The highest BCUT2D eigenvalue weighted by Crippen LogP contribution is 2.19. The number of hydrogen-bond donors (Lipinski definition) is 1. The summed E-state index contributed by atoms with van der Waals surface area (Å²) in [6.07, 6.45) is 3.41. The molecule has 1 heterocycles. The largest absolute Gasteiger partial charge is 0.374 e. The monoisotopic (exact) mass is 303 g/mol. The molecule has 21 heavy (non-hydrogen) atoms. The summed E-state index contributed by atoms with van der Waals surface area (Å²) in [5.41, 5.74) is 1.50. The van der Waals surface area contributed by atoms with Crippen molar-refractivity contribution >= 4 is 23.2 Å². The van der Waals surface area contributed by atoms with Crippen molar-refractivity contribution in [1.29, 1.82) is 5.26 Å². The Kier molecular flexibility index (Phi) is 5.24. The number of nitriles is 1. The minimum absolute atomic E-state index is 0.164. The van der Waals surface area contributed by atoms with E-state index in [0.717, 1.165) is 31.6 Å². The van der Waals surface area contributed by atoms with E-state index in [2.05, 4.69) is 10.2 Å². The molecule has 0 saturated carbocycles. The molecule has 2 rings (SSSR count). The molecule has 1 aromatic carbocycles. The summed E-state index contributed by atoms with van der Waals surface area (Å²) in [5.74, 6) is -0.386. The maximum absolute atomic E-state index is 12.3. The highest BCUT2D eigenvalue weighted by Gasteiger charge is 2.19. The lowest BCUT2D eigenvalue weighted by atomic mass is 10.1. The molecule has 1 aliphatic rings. The molecule has 110 valence electrons. The Hall–Kier alpha value is -1.99. The highest BCUT2D eigenvalue weighted by molar-refractivity contribution is 6.31. The second-order valence-electron chi connectivity index (χ2n) is 5.08. The number of rotatable bonds is 3. The molecule has 1 fully saturated rings. The van der Waals surface area contributed by atoms with Gasteiger partial charge in [0.1, 0.15) is 11.6 Å². The Morgan fingerprint density at radius 1 is 1.33 bits per heavy atom. The zero-order chi connectivity index (χ0) is 15.2. The lowest BCUT2D eigenvalue weighted by molar-refractivity contribution is -0.112. The number of nitrogens with one attached hydrogen (secondary N) is 1. The first-order valence-corrected chi connectivity index (χ1v) is 7.42. The van der Waals surface area contributed by atoms with Crippen LogP contribution in [0.15, 0.2) is 35.5 Å². The number of benzene rings is 1. The van der Waals surface area contributed by atoms with Crippen molar-refractivity contribution in [2.75, 3.05) is 18.4 Å². The van der Waals surface area contributed by atoms with Gasteiger partial charge in [0.15, 0.2) is 0 Å². The fraction of sp³-hybridized carbons (Fsp3) is 0.375. The molecule has 0 radical (unpaired) electrons. The van der Waals surface area contributed by atoms with Gasteiger partial charge in [-0.1, -0.05) is 17.7 Å². The second kappa shape index (κ2) is 7.14. The molecule has 1 saturated heterocycles. The molecule has 0 atom stereocenters. The summed E-state index contributed by atoms with van der Waals surface area (Å²) in [7, 11) is 0. The van der Waals surface area contributed by atoms with Gasteiger partial charge in [0.25, 0.3) is 5.91 Å². The maximum Gasteiger partial charge on any atom is 0.268 e. The van der Waals surface area contributed by atoms with E-state index in [1.807, 2.05) is 13.0 Å². The van der Waals surface area contributed by atoms with Crippen LogP contribution in [0.2, 0.25) is 5.02 Å². The van der Waals surface area contributed by atoms with Gasteiger partial charge in [-0.25, -0.2) is 0 Å². The van der Waals surface area contributed by atoms with Crippen LogP contribution in [0.4, 0.5) is 5.69 Å². The molecule has 0 unspecified atom stereocenters. The lowest BCUT2D eigenvalue weighted by Gasteiger charge is -2.29. The number of amides is 1. The van der Waals surface area contributed by atoms with E-state index in [0.29, 0.717) is 10.7 Å². The van der Waals surface area contributed by atoms with Crippen LogP contribution in [0.25, 0.3) is 0 Å². The average Bonchev–Trinajstić information content (AvgIpc) is 2.48. The molecule has 1 N–H and O–H groups in total. The van der Waals surface area contributed by atoms with Gasteiger partial charge in [-0.3, -0.25) is 4.79 Å². The van der Waals surface area contributed by atoms with Crippen molar-refractivity contribution in [2.24, 2.45) is 0 Å². The number of piperidine rings is 1. The van der Waals surface area contributed by atoms with Crippen molar-refractivity contribution in [3.05, 3.63) is 40.6 Å². The maximum atomic E-state index is 12.3. The SMILES string of the molecule is CC(=C(C#N)C(=O)Nc1cccc(Cl)c1)N1CCCCC1. The van der Waals surface area contributed by atoms with Crippen LogP contribution in [0.1, 0.15) is 26.2 Å². The highest BCUT2D eigenvalue weighted by atomic mass is 35.5. The Balaban J connectivity index is 2.16. The third-order valence-electron chi connectivity index (χ3n) is 3.61. The zero-order valence-electron chi connectivity index (χ0n) is 12.0. The Labute approximate surface area is 130 Å². The van der Waals surface area contributed by atoms with Crippen molar-refractivity contribution < 1.29 is 4.79 Å². The molecule has 0 aromatic heterocycles. The van der Waals surface area contributed by atoms with Gasteiger partial charge in [-0.15, -0.1) is 0 Å². The van der Waals surface area contributed by atoms with Crippen molar-refractivity contribution in [3.8, 4) is 6.07 Å². The quantitative estimate of drug-likeness (QED) is 0.686. The van der Waals surface area contributed by atoms with Gasteiger partial charge in [0.05, 0.1) is 0 Å². The van der Waals surface area contributed by atoms with Gasteiger partial charge >= 0.3 is 0 Å². The first-order valence-electron chi connectivity index (χ1n) is 7.04. The standard InChI is InChI=1S/C16H18ClN3O/c1-12(20-8-3-2-4-9-20)15(11-18)16(21)19-14-7-5-6-13(17)10-14/h5-7,10H,2-4,8-9H2,1H3,(H,19,21). The number of allylic oxidation sites excluding steroid dienone is 1. The fourth-order valence-electron chi connectivity index (χ4n) is 2.44. The minimum Gasteiger partial charge on any atom is -0.374 e. The van der Waals surface area contributed by atoms with Gasteiger partial charge in [0.2, 0.25) is 0 Å². The molecular weight excluding hydrogens is 286 g/mol. The summed E-state index contributed by atoms with van der Waals surface area (Å²) < 4.78 is 0. The topological polar surface area (TPSA) is 56.1 Å². The normalized spacial score (nSPS) is 16.0. The van der Waals surface area contributed by atoms with Gasteiger partial charge in [-0.05, 0) is 44.4 Å². The molecule has 0 bridgehead atoms. The van der Waals surface area contributed by atoms with Crippen LogP contribution in [0.3, 0.4) is 0 Å². The summed E-state index contributed by atoms with van der Waals surface area (Å²) in [5, 5.41) is 12.6. The lowest BCUT2D eigenvalue weighted by Crippen LogP contribution is -2.30. The Morgan fingerprint density at radius 2 is 2.05 bits per heavy atom. The summed E-state index contributed by atoms with van der Waals surface area (Å²) in [4.78, 5) is 14.4. The predicted octanol–water partition coefficient (Wildman–Crippen LogP) is 3.56. The summed E-state index contributed by atoms with van der Waals surface area (Å²) in [6, 6.07) is 8.92.